The van der Waals surface area contributed by atoms with Gasteiger partial charge in [-0.25, -0.2) is 4.98 Å². The van der Waals surface area contributed by atoms with Crippen molar-refractivity contribution in [2.45, 2.75) is 19.4 Å². The van der Waals surface area contributed by atoms with Crippen LogP contribution >= 0.6 is 0 Å². The van der Waals surface area contributed by atoms with Gasteiger partial charge in [0.15, 0.2) is 5.82 Å². The number of hydrogen-bond acceptors (Lipinski definition) is 4. The smallest absolute Gasteiger partial charge is 0.293 e. The Balaban J connectivity index is 1.97. The summed E-state index contributed by atoms with van der Waals surface area (Å²) in [6, 6.07) is 0.451. The van der Waals surface area contributed by atoms with E-state index >= 15 is 0 Å². The van der Waals surface area contributed by atoms with Crippen molar-refractivity contribution in [3.8, 4) is 0 Å². The van der Waals surface area contributed by atoms with Gasteiger partial charge in [0.05, 0.1) is 0 Å². The Kier molecular flexibility index (Phi) is 2.86. The van der Waals surface area contributed by atoms with Crippen molar-refractivity contribution >= 4 is 5.82 Å². The van der Waals surface area contributed by atoms with Gasteiger partial charge in [0.25, 0.3) is 5.56 Å². The van der Waals surface area contributed by atoms with E-state index in [1.165, 1.54) is 0 Å². The predicted molar refractivity (Wildman–Crippen MR) is 70.8 cm³/mol. The average Bonchev–Trinajstić information content (AvgIpc) is 2.92. The zero-order chi connectivity index (χ0) is 12.7. The van der Waals surface area contributed by atoms with Crippen molar-refractivity contribution in [3.05, 3.63) is 22.7 Å². The van der Waals surface area contributed by atoms with E-state index in [-0.39, 0.29) is 5.56 Å². The van der Waals surface area contributed by atoms with E-state index in [0.717, 1.165) is 26.1 Å². The minimum atomic E-state index is 0.0175. The maximum atomic E-state index is 12.2. The molecule has 1 aromatic rings. The molecule has 1 aromatic heterocycles. The number of aromatic nitrogens is 2. The highest BCUT2D eigenvalue weighted by molar-refractivity contribution is 5.40. The number of anilines is 1. The van der Waals surface area contributed by atoms with Crippen molar-refractivity contribution < 1.29 is 0 Å². The summed E-state index contributed by atoms with van der Waals surface area (Å²) in [4.78, 5) is 18.7. The van der Waals surface area contributed by atoms with E-state index in [2.05, 4.69) is 22.1 Å². The Hall–Kier alpha value is -1.36. The lowest BCUT2D eigenvalue weighted by Crippen LogP contribution is -2.39. The molecule has 2 aliphatic rings. The molecule has 3 rings (SSSR count). The van der Waals surface area contributed by atoms with Crippen molar-refractivity contribution in [1.82, 2.24) is 14.9 Å². The molecule has 2 aliphatic heterocycles. The number of rotatable bonds is 2. The summed E-state index contributed by atoms with van der Waals surface area (Å²) in [7, 11) is 1.78. The van der Waals surface area contributed by atoms with Gasteiger partial charge in [0, 0.05) is 45.1 Å². The summed E-state index contributed by atoms with van der Waals surface area (Å²) in [6.07, 6.45) is 4.50. The van der Waals surface area contributed by atoms with Crippen LogP contribution in [0.25, 0.3) is 0 Å². The van der Waals surface area contributed by atoms with Gasteiger partial charge in [-0.2, -0.15) is 0 Å². The van der Waals surface area contributed by atoms with Crippen LogP contribution in [0.15, 0.2) is 17.2 Å². The van der Waals surface area contributed by atoms with E-state index in [4.69, 9.17) is 0 Å². The first-order chi connectivity index (χ1) is 8.72. The first-order valence-corrected chi connectivity index (χ1v) is 6.71. The van der Waals surface area contributed by atoms with E-state index in [0.29, 0.717) is 23.7 Å². The number of nitrogens with one attached hydrogen (secondary N) is 1. The minimum absolute atomic E-state index is 0.0175. The quantitative estimate of drug-likeness (QED) is 0.813. The standard InChI is InChI=1S/C13H20N4O/c1-3-11-10-7-14-6-9(10)8-17(11)12-13(18)16(2)5-4-15-12/h4-5,9-11,14H,3,6-8H2,1-2H3. The van der Waals surface area contributed by atoms with Crippen molar-refractivity contribution in [3.63, 3.8) is 0 Å². The van der Waals surface area contributed by atoms with E-state index in [9.17, 15) is 4.79 Å². The van der Waals surface area contributed by atoms with Gasteiger partial charge < -0.3 is 14.8 Å². The Morgan fingerprint density at radius 2 is 2.33 bits per heavy atom. The van der Waals surface area contributed by atoms with E-state index < -0.39 is 0 Å². The van der Waals surface area contributed by atoms with Crippen LogP contribution < -0.4 is 15.8 Å². The third-order valence-corrected chi connectivity index (χ3v) is 4.41. The van der Waals surface area contributed by atoms with Crippen LogP contribution in [-0.4, -0.2) is 35.2 Å². The molecule has 18 heavy (non-hydrogen) atoms. The summed E-state index contributed by atoms with van der Waals surface area (Å²) in [5, 5.41) is 3.46. The van der Waals surface area contributed by atoms with Gasteiger partial charge in [-0.3, -0.25) is 4.79 Å². The second kappa shape index (κ2) is 4.39. The number of hydrogen-bond donors (Lipinski definition) is 1. The van der Waals surface area contributed by atoms with Gasteiger partial charge >= 0.3 is 0 Å². The Bertz CT molecular complexity index is 498. The van der Waals surface area contributed by atoms with Gasteiger partial charge in [-0.15, -0.1) is 0 Å². The fourth-order valence-electron chi connectivity index (χ4n) is 3.47. The van der Waals surface area contributed by atoms with Crippen molar-refractivity contribution in [2.75, 3.05) is 24.5 Å². The molecule has 0 radical (unpaired) electrons. The molecule has 0 bridgehead atoms. The third kappa shape index (κ3) is 1.65. The molecule has 3 heterocycles. The fraction of sp³-hybridized carbons (Fsp3) is 0.692. The molecule has 3 unspecified atom stereocenters. The molecule has 1 N–H and O–H groups in total. The van der Waals surface area contributed by atoms with Crippen LogP contribution in [0.5, 0.6) is 0 Å². The lowest BCUT2D eigenvalue weighted by Gasteiger charge is -2.27. The maximum absolute atomic E-state index is 12.2. The van der Waals surface area contributed by atoms with Crippen molar-refractivity contribution in [1.29, 1.82) is 0 Å². The largest absolute Gasteiger partial charge is 0.348 e. The van der Waals surface area contributed by atoms with Crippen LogP contribution in [-0.2, 0) is 7.05 Å². The first-order valence-electron chi connectivity index (χ1n) is 6.71. The van der Waals surface area contributed by atoms with Crippen LogP contribution in [0.1, 0.15) is 13.3 Å². The molecule has 5 heteroatoms. The predicted octanol–water partition coefficient (Wildman–Crippen LogP) is 0.214. The van der Waals surface area contributed by atoms with Crippen molar-refractivity contribution in [2.24, 2.45) is 18.9 Å². The topological polar surface area (TPSA) is 50.2 Å². The Labute approximate surface area is 107 Å². The fourth-order valence-corrected chi connectivity index (χ4v) is 3.47. The SMILES string of the molecule is CCC1C2CNCC2CN1c1nccn(C)c1=O. The second-order valence-corrected chi connectivity index (χ2v) is 5.38. The highest BCUT2D eigenvalue weighted by Crippen LogP contribution is 2.35. The lowest BCUT2D eigenvalue weighted by atomic mass is 9.93. The van der Waals surface area contributed by atoms with Crippen LogP contribution in [0.4, 0.5) is 5.82 Å². The Morgan fingerprint density at radius 1 is 1.50 bits per heavy atom. The molecule has 2 fully saturated rings. The summed E-state index contributed by atoms with van der Waals surface area (Å²) < 4.78 is 1.61. The Morgan fingerprint density at radius 3 is 3.11 bits per heavy atom. The van der Waals surface area contributed by atoms with Gasteiger partial charge in [0.2, 0.25) is 0 Å². The monoisotopic (exact) mass is 248 g/mol. The third-order valence-electron chi connectivity index (χ3n) is 4.41. The van der Waals surface area contributed by atoms with Gasteiger partial charge in [-0.05, 0) is 18.3 Å². The molecule has 0 spiro atoms. The summed E-state index contributed by atoms with van der Waals surface area (Å²) in [5.41, 5.74) is 0.0175. The zero-order valence-electron chi connectivity index (χ0n) is 11.0. The maximum Gasteiger partial charge on any atom is 0.293 e. The lowest BCUT2D eigenvalue weighted by molar-refractivity contribution is 0.441. The van der Waals surface area contributed by atoms with Gasteiger partial charge in [-0.1, -0.05) is 6.92 Å². The number of aryl methyl sites for hydroxylation is 1. The highest BCUT2D eigenvalue weighted by Gasteiger charge is 2.44. The second-order valence-electron chi connectivity index (χ2n) is 5.38. The molecule has 5 nitrogen and oxygen atoms in total. The highest BCUT2D eigenvalue weighted by atomic mass is 16.1. The van der Waals surface area contributed by atoms with Crippen LogP contribution in [0.2, 0.25) is 0 Å². The molecule has 2 saturated heterocycles. The van der Waals surface area contributed by atoms with Crippen LogP contribution in [0, 0.1) is 11.8 Å². The summed E-state index contributed by atoms with van der Waals surface area (Å²) in [6.45, 7) is 5.31. The molecular formula is C13H20N4O. The zero-order valence-corrected chi connectivity index (χ0v) is 11.0. The summed E-state index contributed by atoms with van der Waals surface area (Å²) >= 11 is 0. The van der Waals surface area contributed by atoms with E-state index in [1.54, 1.807) is 24.0 Å². The minimum Gasteiger partial charge on any atom is -0.348 e. The van der Waals surface area contributed by atoms with Gasteiger partial charge in [0.1, 0.15) is 0 Å². The molecule has 0 aliphatic carbocycles. The summed E-state index contributed by atoms with van der Waals surface area (Å²) in [5.74, 6) is 1.96. The molecule has 0 aromatic carbocycles. The van der Waals surface area contributed by atoms with E-state index in [1.807, 2.05) is 0 Å². The molecular weight excluding hydrogens is 228 g/mol. The molecule has 98 valence electrons. The molecule has 0 amide bonds. The number of fused-ring (bicyclic) bond motifs is 1. The number of nitrogens with zero attached hydrogens (tertiary/aromatic N) is 3. The molecule has 0 saturated carbocycles. The normalized spacial score (nSPS) is 30.8. The first kappa shape index (κ1) is 11.7. The molecule has 3 atom stereocenters. The van der Waals surface area contributed by atoms with Crippen LogP contribution in [0.3, 0.4) is 0 Å². The average molecular weight is 248 g/mol.